The van der Waals surface area contributed by atoms with Crippen LogP contribution in [0.2, 0.25) is 0 Å². The fraction of sp³-hybridized carbons (Fsp3) is 0.333. The first-order valence-corrected chi connectivity index (χ1v) is 5.49. The average Bonchev–Trinajstić information content (AvgIpc) is 2.15. The van der Waals surface area contributed by atoms with Crippen LogP contribution in [0.4, 0.5) is 17.6 Å². The van der Waals surface area contributed by atoms with Gasteiger partial charge in [0, 0.05) is 4.90 Å². The van der Waals surface area contributed by atoms with Gasteiger partial charge in [-0.3, -0.25) is 4.21 Å². The minimum absolute atomic E-state index is 0.0992. The Morgan fingerprint density at radius 2 is 2.00 bits per heavy atom. The molecule has 0 heterocycles. The van der Waals surface area contributed by atoms with Crippen molar-refractivity contribution in [3.8, 4) is 0 Å². The quantitative estimate of drug-likeness (QED) is 0.773. The van der Waals surface area contributed by atoms with E-state index in [2.05, 4.69) is 4.74 Å². The Labute approximate surface area is 91.7 Å². The molecule has 1 atom stereocenters. The van der Waals surface area contributed by atoms with Gasteiger partial charge in [-0.25, -0.2) is 4.39 Å². The normalized spacial score (nSPS) is 13.8. The van der Waals surface area contributed by atoms with Crippen molar-refractivity contribution in [3.63, 3.8) is 0 Å². The number of rotatable bonds is 4. The Bertz CT molecular complexity index is 378. The van der Waals surface area contributed by atoms with Crippen molar-refractivity contribution in [2.75, 3.05) is 12.5 Å². The SMILES string of the molecule is O=S(COCC(F)(F)F)c1cccc(F)c1. The molecule has 0 aliphatic heterocycles. The van der Waals surface area contributed by atoms with E-state index in [1.807, 2.05) is 0 Å². The second-order valence-electron chi connectivity index (χ2n) is 2.88. The highest BCUT2D eigenvalue weighted by molar-refractivity contribution is 7.84. The summed E-state index contributed by atoms with van der Waals surface area (Å²) in [6.45, 7) is -1.46. The Morgan fingerprint density at radius 3 is 2.56 bits per heavy atom. The Hall–Kier alpha value is -0.950. The molecule has 0 spiro atoms. The van der Waals surface area contributed by atoms with Crippen LogP contribution in [-0.4, -0.2) is 22.9 Å². The van der Waals surface area contributed by atoms with Crippen LogP contribution in [0.3, 0.4) is 0 Å². The van der Waals surface area contributed by atoms with Crippen molar-refractivity contribution in [3.05, 3.63) is 30.1 Å². The van der Waals surface area contributed by atoms with E-state index in [4.69, 9.17) is 0 Å². The predicted molar refractivity (Wildman–Crippen MR) is 49.7 cm³/mol. The van der Waals surface area contributed by atoms with Crippen LogP contribution >= 0.6 is 0 Å². The van der Waals surface area contributed by atoms with Gasteiger partial charge in [-0.2, -0.15) is 13.2 Å². The molecule has 0 radical (unpaired) electrons. The number of hydrogen-bond donors (Lipinski definition) is 0. The van der Waals surface area contributed by atoms with Crippen LogP contribution < -0.4 is 0 Å². The zero-order chi connectivity index (χ0) is 12.2. The van der Waals surface area contributed by atoms with Crippen molar-refractivity contribution in [2.45, 2.75) is 11.1 Å². The highest BCUT2D eigenvalue weighted by Crippen LogP contribution is 2.15. The molecule has 0 bridgehead atoms. The third kappa shape index (κ3) is 4.71. The molecular weight excluding hydrogens is 248 g/mol. The summed E-state index contributed by atoms with van der Waals surface area (Å²) in [6, 6.07) is 4.83. The molecule has 1 aromatic carbocycles. The number of ether oxygens (including phenoxy) is 1. The molecule has 16 heavy (non-hydrogen) atoms. The van der Waals surface area contributed by atoms with E-state index >= 15 is 0 Å². The highest BCUT2D eigenvalue weighted by Gasteiger charge is 2.27. The first kappa shape index (κ1) is 13.1. The topological polar surface area (TPSA) is 26.3 Å². The van der Waals surface area contributed by atoms with Crippen molar-refractivity contribution in [1.29, 1.82) is 0 Å². The molecule has 7 heteroatoms. The van der Waals surface area contributed by atoms with Gasteiger partial charge in [-0.1, -0.05) is 6.07 Å². The number of alkyl halides is 3. The fourth-order valence-electron chi connectivity index (χ4n) is 0.910. The molecule has 0 aliphatic rings. The van der Waals surface area contributed by atoms with Gasteiger partial charge in [-0.05, 0) is 18.2 Å². The molecule has 0 N–H and O–H groups in total. The lowest BCUT2D eigenvalue weighted by Crippen LogP contribution is -2.18. The lowest BCUT2D eigenvalue weighted by atomic mass is 10.4. The van der Waals surface area contributed by atoms with Gasteiger partial charge in [0.25, 0.3) is 0 Å². The molecule has 0 aliphatic carbocycles. The predicted octanol–water partition coefficient (Wildman–Crippen LogP) is 2.47. The van der Waals surface area contributed by atoms with E-state index in [0.29, 0.717) is 0 Å². The van der Waals surface area contributed by atoms with E-state index < -0.39 is 35.3 Å². The summed E-state index contributed by atoms with van der Waals surface area (Å²) < 4.78 is 63.3. The molecule has 0 saturated carbocycles. The Balaban J connectivity index is 2.47. The van der Waals surface area contributed by atoms with Gasteiger partial charge in [0.2, 0.25) is 0 Å². The van der Waals surface area contributed by atoms with Gasteiger partial charge in [-0.15, -0.1) is 0 Å². The molecular formula is C9H8F4O2S. The molecule has 1 rings (SSSR count). The third-order valence-corrected chi connectivity index (χ3v) is 2.68. The van der Waals surface area contributed by atoms with Gasteiger partial charge in [0.15, 0.2) is 0 Å². The molecule has 0 fully saturated rings. The van der Waals surface area contributed by atoms with E-state index in [1.165, 1.54) is 12.1 Å². The summed E-state index contributed by atoms with van der Waals surface area (Å²) in [5.74, 6) is -1.20. The lowest BCUT2D eigenvalue weighted by molar-refractivity contribution is -0.169. The van der Waals surface area contributed by atoms with Crippen LogP contribution in [0, 0.1) is 5.82 Å². The summed E-state index contributed by atoms with van der Waals surface area (Å²) in [5.41, 5.74) is 0. The number of benzene rings is 1. The maximum atomic E-state index is 12.7. The monoisotopic (exact) mass is 256 g/mol. The highest BCUT2D eigenvalue weighted by atomic mass is 32.2. The summed E-state index contributed by atoms with van der Waals surface area (Å²) in [6.07, 6.45) is -4.45. The number of hydrogen-bond acceptors (Lipinski definition) is 2. The smallest absolute Gasteiger partial charge is 0.358 e. The van der Waals surface area contributed by atoms with Gasteiger partial charge < -0.3 is 4.74 Å². The summed E-state index contributed by atoms with van der Waals surface area (Å²) in [4.78, 5) is 0.0992. The van der Waals surface area contributed by atoms with Crippen LogP contribution in [0.25, 0.3) is 0 Å². The second-order valence-corrected chi connectivity index (χ2v) is 4.28. The summed E-state index contributed by atoms with van der Waals surface area (Å²) in [5, 5.41) is 0. The van der Waals surface area contributed by atoms with Gasteiger partial charge in [0.05, 0.1) is 10.8 Å². The van der Waals surface area contributed by atoms with E-state index in [1.54, 1.807) is 0 Å². The average molecular weight is 256 g/mol. The van der Waals surface area contributed by atoms with Crippen LogP contribution in [0.15, 0.2) is 29.2 Å². The first-order valence-electron chi connectivity index (χ1n) is 4.17. The van der Waals surface area contributed by atoms with Crippen molar-refractivity contribution in [1.82, 2.24) is 0 Å². The third-order valence-electron chi connectivity index (χ3n) is 1.52. The minimum atomic E-state index is -4.45. The lowest BCUT2D eigenvalue weighted by Gasteiger charge is -2.07. The summed E-state index contributed by atoms with van der Waals surface area (Å²) >= 11 is 0. The van der Waals surface area contributed by atoms with Crippen molar-refractivity contribution < 1.29 is 26.5 Å². The molecule has 0 saturated heterocycles. The van der Waals surface area contributed by atoms with Crippen molar-refractivity contribution >= 4 is 10.8 Å². The zero-order valence-corrected chi connectivity index (χ0v) is 8.78. The maximum Gasteiger partial charge on any atom is 0.411 e. The van der Waals surface area contributed by atoms with Crippen LogP contribution in [0.1, 0.15) is 0 Å². The molecule has 0 amide bonds. The van der Waals surface area contributed by atoms with Crippen LogP contribution in [0.5, 0.6) is 0 Å². The second kappa shape index (κ2) is 5.40. The molecule has 0 aromatic heterocycles. The number of halogens is 4. The summed E-state index contributed by atoms with van der Waals surface area (Å²) in [7, 11) is -1.79. The Kier molecular flexibility index (Phi) is 4.43. The maximum absolute atomic E-state index is 12.7. The zero-order valence-electron chi connectivity index (χ0n) is 7.96. The standard InChI is InChI=1S/C9H8F4O2S/c10-7-2-1-3-8(4-7)16(14)6-15-5-9(11,12)13/h1-4H,5-6H2. The molecule has 1 aromatic rings. The molecule has 1 unspecified atom stereocenters. The molecule has 90 valence electrons. The van der Waals surface area contributed by atoms with E-state index in [0.717, 1.165) is 12.1 Å². The largest absolute Gasteiger partial charge is 0.411 e. The van der Waals surface area contributed by atoms with E-state index in [9.17, 15) is 21.8 Å². The fourth-order valence-corrected chi connectivity index (χ4v) is 1.75. The Morgan fingerprint density at radius 1 is 1.31 bits per heavy atom. The van der Waals surface area contributed by atoms with E-state index in [-0.39, 0.29) is 4.90 Å². The minimum Gasteiger partial charge on any atom is -0.358 e. The van der Waals surface area contributed by atoms with Crippen LogP contribution in [-0.2, 0) is 15.5 Å². The first-order chi connectivity index (χ1) is 7.38. The molecule has 2 nitrogen and oxygen atoms in total. The van der Waals surface area contributed by atoms with Gasteiger partial charge >= 0.3 is 6.18 Å². The van der Waals surface area contributed by atoms with Crippen molar-refractivity contribution in [2.24, 2.45) is 0 Å². The van der Waals surface area contributed by atoms with Gasteiger partial charge in [0.1, 0.15) is 18.4 Å².